The first kappa shape index (κ1) is 24.1. The molecule has 0 saturated carbocycles. The van der Waals surface area contributed by atoms with Gasteiger partial charge in [0, 0.05) is 16.8 Å². The van der Waals surface area contributed by atoms with E-state index in [1.807, 2.05) is 24.3 Å². The molecule has 7 aromatic rings. The summed E-state index contributed by atoms with van der Waals surface area (Å²) in [5, 5.41) is 0.934. The number of benzene rings is 6. The van der Waals surface area contributed by atoms with E-state index in [1.165, 1.54) is 33.4 Å². The molecule has 0 aliphatic carbocycles. The van der Waals surface area contributed by atoms with E-state index in [0.29, 0.717) is 0 Å². The molecule has 2 nitrogen and oxygen atoms in total. The minimum absolute atomic E-state index is 0.741. The van der Waals surface area contributed by atoms with Crippen molar-refractivity contribution in [1.29, 1.82) is 0 Å². The van der Waals surface area contributed by atoms with Gasteiger partial charge in [-0.2, -0.15) is 0 Å². The maximum atomic E-state index is 6.37. The van der Waals surface area contributed by atoms with Crippen molar-refractivity contribution < 1.29 is 0 Å². The fraction of sp³-hybridized carbons (Fsp3) is 0. The van der Waals surface area contributed by atoms with E-state index in [0.717, 1.165) is 37.6 Å². The first-order valence-corrected chi connectivity index (χ1v) is 14.2. The largest absolute Gasteiger partial charge is 0.398 e. The van der Waals surface area contributed by atoms with Crippen LogP contribution in [0.3, 0.4) is 0 Å². The topological polar surface area (TPSA) is 38.9 Å². The second-order valence-electron chi connectivity index (χ2n) is 9.87. The van der Waals surface area contributed by atoms with Crippen molar-refractivity contribution in [3.63, 3.8) is 0 Å². The summed E-state index contributed by atoms with van der Waals surface area (Å²) < 4.78 is 1.14. The highest BCUT2D eigenvalue weighted by Gasteiger charge is 2.16. The predicted octanol–water partition coefficient (Wildman–Crippen LogP) is 10.2. The summed E-state index contributed by atoms with van der Waals surface area (Å²) in [6, 6.07) is 51.1. The third-order valence-corrected chi connectivity index (χ3v) is 8.31. The Balaban J connectivity index is 1.43. The first-order chi connectivity index (χ1) is 19.7. The molecule has 0 saturated heterocycles. The Kier molecular flexibility index (Phi) is 6.19. The summed E-state index contributed by atoms with van der Waals surface area (Å²) in [5.41, 5.74) is 18.5. The van der Waals surface area contributed by atoms with Crippen LogP contribution in [0.25, 0.3) is 65.3 Å². The van der Waals surface area contributed by atoms with E-state index in [2.05, 4.69) is 121 Å². The van der Waals surface area contributed by atoms with Crippen molar-refractivity contribution in [1.82, 2.24) is 4.98 Å². The zero-order valence-corrected chi connectivity index (χ0v) is 22.6. The number of hydrogen-bond donors (Lipinski definition) is 1. The molecule has 0 spiro atoms. The lowest BCUT2D eigenvalue weighted by atomic mass is 9.94. The molecular weight excluding hydrogens is 504 g/mol. The second kappa shape index (κ2) is 10.3. The Hall–Kier alpha value is -4.99. The van der Waals surface area contributed by atoms with E-state index in [9.17, 15) is 0 Å². The van der Waals surface area contributed by atoms with Gasteiger partial charge in [0.05, 0.1) is 10.2 Å². The molecule has 0 amide bonds. The van der Waals surface area contributed by atoms with Crippen LogP contribution < -0.4 is 5.73 Å². The summed E-state index contributed by atoms with van der Waals surface area (Å²) in [4.78, 5) is 5.16. The fourth-order valence-corrected chi connectivity index (χ4v) is 6.31. The van der Waals surface area contributed by atoms with Gasteiger partial charge in [0.2, 0.25) is 0 Å². The van der Waals surface area contributed by atoms with Crippen molar-refractivity contribution in [2.75, 3.05) is 5.73 Å². The molecule has 190 valence electrons. The number of hydrogen-bond acceptors (Lipinski definition) is 3. The smallest absolute Gasteiger partial charge is 0.126 e. The summed E-state index contributed by atoms with van der Waals surface area (Å²) in [5.74, 6) is 0. The molecule has 3 heteroatoms. The summed E-state index contributed by atoms with van der Waals surface area (Å²) in [7, 11) is 0. The number of para-hydroxylation sites is 1. The van der Waals surface area contributed by atoms with E-state index in [-0.39, 0.29) is 0 Å². The van der Waals surface area contributed by atoms with Crippen molar-refractivity contribution in [2.45, 2.75) is 0 Å². The Morgan fingerprint density at radius 1 is 0.425 bits per heavy atom. The number of nitrogen functional groups attached to an aromatic ring is 1. The van der Waals surface area contributed by atoms with Crippen LogP contribution in [0.15, 0.2) is 146 Å². The summed E-state index contributed by atoms with van der Waals surface area (Å²) in [6.07, 6.45) is 0. The molecule has 0 unspecified atom stereocenters. The van der Waals surface area contributed by atoms with Crippen LogP contribution in [0.4, 0.5) is 5.69 Å². The van der Waals surface area contributed by atoms with Gasteiger partial charge in [-0.15, -0.1) is 11.3 Å². The maximum absolute atomic E-state index is 6.37. The lowest BCUT2D eigenvalue weighted by Crippen LogP contribution is -1.89. The number of anilines is 1. The predicted molar refractivity (Wildman–Crippen MR) is 171 cm³/mol. The Morgan fingerprint density at radius 3 is 1.60 bits per heavy atom. The van der Waals surface area contributed by atoms with Crippen LogP contribution in [-0.4, -0.2) is 4.98 Å². The highest BCUT2D eigenvalue weighted by molar-refractivity contribution is 7.21. The molecular formula is C37H26N2S. The molecule has 6 aromatic carbocycles. The van der Waals surface area contributed by atoms with Crippen molar-refractivity contribution in [3.8, 4) is 55.1 Å². The third-order valence-electron chi connectivity index (χ3n) is 7.27. The number of nitrogens with two attached hydrogens (primary N) is 1. The van der Waals surface area contributed by atoms with Crippen LogP contribution in [0.1, 0.15) is 0 Å². The Bertz CT molecular complexity index is 1960. The third kappa shape index (κ3) is 4.57. The zero-order chi connectivity index (χ0) is 26.9. The molecule has 0 aliphatic heterocycles. The number of rotatable bonds is 5. The van der Waals surface area contributed by atoms with Crippen molar-refractivity contribution in [3.05, 3.63) is 146 Å². The van der Waals surface area contributed by atoms with Gasteiger partial charge in [0.25, 0.3) is 0 Å². The van der Waals surface area contributed by atoms with E-state index in [4.69, 9.17) is 10.7 Å². The zero-order valence-electron chi connectivity index (χ0n) is 21.8. The number of thiazole rings is 1. The van der Waals surface area contributed by atoms with Crippen molar-refractivity contribution >= 4 is 27.2 Å². The van der Waals surface area contributed by atoms with Gasteiger partial charge in [-0.1, -0.05) is 109 Å². The van der Waals surface area contributed by atoms with Gasteiger partial charge in [-0.25, -0.2) is 4.98 Å². The quantitative estimate of drug-likeness (QED) is 0.225. The molecule has 0 radical (unpaired) electrons. The molecule has 0 aliphatic rings. The van der Waals surface area contributed by atoms with Gasteiger partial charge in [-0.05, 0) is 75.3 Å². The average molecular weight is 531 g/mol. The molecule has 1 heterocycles. The minimum atomic E-state index is 0.741. The monoisotopic (exact) mass is 530 g/mol. The second-order valence-corrected chi connectivity index (χ2v) is 10.9. The summed E-state index contributed by atoms with van der Waals surface area (Å²) in [6.45, 7) is 0. The normalized spacial score (nSPS) is 11.1. The maximum Gasteiger partial charge on any atom is 0.126 e. The van der Waals surface area contributed by atoms with Gasteiger partial charge in [-0.3, -0.25) is 0 Å². The Labute approximate surface area is 238 Å². The van der Waals surface area contributed by atoms with E-state index in [1.54, 1.807) is 11.3 Å². The molecule has 0 bridgehead atoms. The van der Waals surface area contributed by atoms with Crippen LogP contribution in [0, 0.1) is 0 Å². The standard InChI is InChI=1S/C37H26N2S/c38-34-20-8-7-19-32(34)37-39-36-33(30-18-10-16-28(22-30)26-13-5-2-6-14-26)23-31(24-35(36)40-37)29-17-9-15-27(21-29)25-11-3-1-4-12-25/h1-24H,38H2. The van der Waals surface area contributed by atoms with Gasteiger partial charge >= 0.3 is 0 Å². The van der Waals surface area contributed by atoms with Gasteiger partial charge in [0.15, 0.2) is 0 Å². The molecule has 2 N–H and O–H groups in total. The van der Waals surface area contributed by atoms with Crippen LogP contribution in [-0.2, 0) is 0 Å². The number of nitrogens with zero attached hydrogens (tertiary/aromatic N) is 1. The Morgan fingerprint density at radius 2 is 0.950 bits per heavy atom. The molecule has 0 fully saturated rings. The molecule has 0 atom stereocenters. The van der Waals surface area contributed by atoms with Gasteiger partial charge < -0.3 is 5.73 Å². The first-order valence-electron chi connectivity index (χ1n) is 13.3. The fourth-order valence-electron chi connectivity index (χ4n) is 5.23. The summed E-state index contributed by atoms with van der Waals surface area (Å²) >= 11 is 1.69. The molecule has 40 heavy (non-hydrogen) atoms. The highest BCUT2D eigenvalue weighted by Crippen LogP contribution is 2.41. The SMILES string of the molecule is Nc1ccccc1-c1nc2c(-c3cccc(-c4ccccc4)c3)cc(-c3cccc(-c4ccccc4)c3)cc2s1. The lowest BCUT2D eigenvalue weighted by molar-refractivity contribution is 1.47. The number of fused-ring (bicyclic) bond motifs is 1. The highest BCUT2D eigenvalue weighted by atomic mass is 32.1. The van der Waals surface area contributed by atoms with E-state index < -0.39 is 0 Å². The van der Waals surface area contributed by atoms with E-state index >= 15 is 0 Å². The minimum Gasteiger partial charge on any atom is -0.398 e. The number of aromatic nitrogens is 1. The van der Waals surface area contributed by atoms with Gasteiger partial charge in [0.1, 0.15) is 5.01 Å². The lowest BCUT2D eigenvalue weighted by Gasteiger charge is -2.11. The van der Waals surface area contributed by atoms with Crippen LogP contribution in [0.5, 0.6) is 0 Å². The molecule has 1 aromatic heterocycles. The average Bonchev–Trinajstić information content (AvgIpc) is 3.46. The van der Waals surface area contributed by atoms with Crippen LogP contribution >= 0.6 is 11.3 Å². The van der Waals surface area contributed by atoms with Crippen LogP contribution in [0.2, 0.25) is 0 Å². The van der Waals surface area contributed by atoms with Crippen molar-refractivity contribution in [2.24, 2.45) is 0 Å². The molecule has 7 rings (SSSR count).